The van der Waals surface area contributed by atoms with Crippen molar-refractivity contribution in [2.45, 2.75) is 76.5 Å². The molecule has 2 heterocycles. The van der Waals surface area contributed by atoms with Gasteiger partial charge in [0.25, 0.3) is 0 Å². The van der Waals surface area contributed by atoms with E-state index in [2.05, 4.69) is 31.4 Å². The molecule has 0 bridgehead atoms. The average molecular weight is 482 g/mol. The van der Waals surface area contributed by atoms with Gasteiger partial charge in [0.2, 0.25) is 0 Å². The monoisotopic (exact) mass is 481 g/mol. The standard InChI is InChI=1S/C26H41F2N3O3/c1-24(2,3)16-19(17-29-4)30-23(32)31-14-9-12-25(18-31)26(34-25,13-6-7-15-33-5)20-10-8-11-21(27)22(20)28/h8,10-11,19,29H,6-7,9,12-18H2,1-5H3,(H,30,32)/t19-,25+,26+/m0/s1. The second kappa shape index (κ2) is 10.9. The largest absolute Gasteiger partial charge is 0.385 e. The van der Waals surface area contributed by atoms with E-state index in [1.807, 2.05) is 7.05 Å². The fourth-order valence-electron chi connectivity index (χ4n) is 5.49. The zero-order chi connectivity index (χ0) is 25.0. The van der Waals surface area contributed by atoms with Crippen molar-refractivity contribution in [3.63, 3.8) is 0 Å². The summed E-state index contributed by atoms with van der Waals surface area (Å²) in [5, 5.41) is 6.34. The first kappa shape index (κ1) is 26.8. The van der Waals surface area contributed by atoms with Crippen molar-refractivity contribution < 1.29 is 23.0 Å². The number of carbonyl (C=O) groups is 1. The van der Waals surface area contributed by atoms with Gasteiger partial charge in [0.15, 0.2) is 11.6 Å². The Morgan fingerprint density at radius 1 is 1.29 bits per heavy atom. The molecule has 34 heavy (non-hydrogen) atoms. The van der Waals surface area contributed by atoms with E-state index in [-0.39, 0.29) is 23.1 Å². The van der Waals surface area contributed by atoms with Gasteiger partial charge < -0.3 is 25.0 Å². The third-order valence-corrected chi connectivity index (χ3v) is 6.96. The molecule has 8 heteroatoms. The van der Waals surface area contributed by atoms with E-state index >= 15 is 0 Å². The van der Waals surface area contributed by atoms with Gasteiger partial charge in [0, 0.05) is 38.4 Å². The number of methoxy groups -OCH3 is 1. The molecule has 2 fully saturated rings. The van der Waals surface area contributed by atoms with E-state index in [0.717, 1.165) is 31.7 Å². The lowest BCUT2D eigenvalue weighted by atomic mass is 9.78. The Balaban J connectivity index is 1.78. The predicted octanol–water partition coefficient (Wildman–Crippen LogP) is 4.58. The Labute approximate surface area is 202 Å². The van der Waals surface area contributed by atoms with Crippen LogP contribution in [-0.2, 0) is 15.1 Å². The van der Waals surface area contributed by atoms with E-state index in [9.17, 15) is 13.6 Å². The molecule has 1 aromatic carbocycles. The Bertz CT molecular complexity index is 847. The smallest absolute Gasteiger partial charge is 0.317 e. The molecule has 2 amide bonds. The zero-order valence-electron chi connectivity index (χ0n) is 21.3. The quantitative estimate of drug-likeness (QED) is 0.379. The summed E-state index contributed by atoms with van der Waals surface area (Å²) in [4.78, 5) is 15.0. The van der Waals surface area contributed by atoms with Crippen LogP contribution in [0.4, 0.5) is 13.6 Å². The topological polar surface area (TPSA) is 66.1 Å². The number of likely N-dealkylation sites (N-methyl/N-ethyl adjacent to an activating group) is 1. The summed E-state index contributed by atoms with van der Waals surface area (Å²) in [6, 6.07) is 4.14. The van der Waals surface area contributed by atoms with Crippen molar-refractivity contribution in [2.75, 3.05) is 40.4 Å². The summed E-state index contributed by atoms with van der Waals surface area (Å²) in [5.41, 5.74) is -1.30. The van der Waals surface area contributed by atoms with Crippen LogP contribution in [0.15, 0.2) is 18.2 Å². The van der Waals surface area contributed by atoms with E-state index in [1.165, 1.54) is 6.07 Å². The maximum absolute atomic E-state index is 14.9. The first-order valence-electron chi connectivity index (χ1n) is 12.4. The fourth-order valence-corrected chi connectivity index (χ4v) is 5.49. The molecule has 2 saturated heterocycles. The lowest BCUT2D eigenvalue weighted by Gasteiger charge is -2.35. The highest BCUT2D eigenvalue weighted by molar-refractivity contribution is 5.75. The van der Waals surface area contributed by atoms with E-state index in [1.54, 1.807) is 18.1 Å². The number of rotatable bonds is 10. The lowest BCUT2D eigenvalue weighted by Crippen LogP contribution is -2.54. The second-order valence-corrected chi connectivity index (χ2v) is 11.0. The van der Waals surface area contributed by atoms with Crippen LogP contribution in [0.5, 0.6) is 0 Å². The van der Waals surface area contributed by atoms with E-state index < -0.39 is 22.8 Å². The molecule has 1 spiro atoms. The van der Waals surface area contributed by atoms with Crippen molar-refractivity contribution in [2.24, 2.45) is 5.41 Å². The number of halogens is 2. The number of hydrogen-bond donors (Lipinski definition) is 2. The van der Waals surface area contributed by atoms with Crippen LogP contribution in [0, 0.1) is 17.0 Å². The summed E-state index contributed by atoms with van der Waals surface area (Å²) in [6.07, 6.45) is 4.41. The Hall–Kier alpha value is -1.77. The Kier molecular flexibility index (Phi) is 8.58. The molecular formula is C26H41F2N3O3. The van der Waals surface area contributed by atoms with E-state index in [0.29, 0.717) is 39.1 Å². The summed E-state index contributed by atoms with van der Waals surface area (Å²) in [5.74, 6) is -1.73. The highest BCUT2D eigenvalue weighted by Crippen LogP contribution is 2.63. The number of benzene rings is 1. The molecule has 0 aliphatic carbocycles. The van der Waals surface area contributed by atoms with Crippen LogP contribution in [0.2, 0.25) is 0 Å². The third kappa shape index (κ3) is 5.89. The molecule has 3 atom stereocenters. The first-order valence-corrected chi connectivity index (χ1v) is 12.4. The van der Waals surface area contributed by atoms with Crippen LogP contribution in [0.3, 0.4) is 0 Å². The summed E-state index contributed by atoms with van der Waals surface area (Å²) in [6.45, 7) is 8.72. The molecule has 0 saturated carbocycles. The predicted molar refractivity (Wildman–Crippen MR) is 129 cm³/mol. The number of urea groups is 1. The zero-order valence-corrected chi connectivity index (χ0v) is 21.3. The number of nitrogens with one attached hydrogen (secondary N) is 2. The molecule has 3 rings (SSSR count). The number of piperidine rings is 1. The van der Waals surface area contributed by atoms with Gasteiger partial charge in [-0.1, -0.05) is 32.9 Å². The number of unbranched alkanes of at least 4 members (excludes halogenated alkanes) is 1. The lowest BCUT2D eigenvalue weighted by molar-refractivity contribution is 0.136. The van der Waals surface area contributed by atoms with Crippen LogP contribution in [0.1, 0.15) is 64.9 Å². The maximum Gasteiger partial charge on any atom is 0.317 e. The normalized spacial score (nSPS) is 25.4. The van der Waals surface area contributed by atoms with Crippen LogP contribution in [0.25, 0.3) is 0 Å². The highest BCUT2D eigenvalue weighted by Gasteiger charge is 2.71. The fraction of sp³-hybridized carbons (Fsp3) is 0.731. The van der Waals surface area contributed by atoms with Crippen LogP contribution in [-0.4, -0.2) is 63.0 Å². The van der Waals surface area contributed by atoms with Crippen molar-refractivity contribution in [3.8, 4) is 0 Å². The summed E-state index contributed by atoms with van der Waals surface area (Å²) in [7, 11) is 3.52. The van der Waals surface area contributed by atoms with Crippen LogP contribution >= 0.6 is 0 Å². The van der Waals surface area contributed by atoms with Crippen molar-refractivity contribution >= 4 is 6.03 Å². The molecule has 0 radical (unpaired) electrons. The molecule has 2 aliphatic heterocycles. The van der Waals surface area contributed by atoms with Gasteiger partial charge in [0.05, 0.1) is 6.54 Å². The van der Waals surface area contributed by atoms with Gasteiger partial charge in [-0.15, -0.1) is 0 Å². The second-order valence-electron chi connectivity index (χ2n) is 11.0. The third-order valence-electron chi connectivity index (χ3n) is 6.96. The van der Waals surface area contributed by atoms with Gasteiger partial charge in [-0.05, 0) is 57.1 Å². The molecule has 1 aromatic rings. The minimum atomic E-state index is -0.929. The number of amides is 2. The van der Waals surface area contributed by atoms with Gasteiger partial charge >= 0.3 is 6.03 Å². The number of likely N-dealkylation sites (tertiary alicyclic amines) is 1. The van der Waals surface area contributed by atoms with Crippen molar-refractivity contribution in [1.82, 2.24) is 15.5 Å². The molecule has 0 unspecified atom stereocenters. The van der Waals surface area contributed by atoms with Crippen molar-refractivity contribution in [3.05, 3.63) is 35.4 Å². The minimum Gasteiger partial charge on any atom is -0.385 e. The molecule has 192 valence electrons. The number of carbonyl (C=O) groups excluding carboxylic acids is 1. The van der Waals surface area contributed by atoms with Crippen LogP contribution < -0.4 is 10.6 Å². The highest BCUT2D eigenvalue weighted by atomic mass is 19.2. The molecule has 2 N–H and O–H groups in total. The average Bonchev–Trinajstić information content (AvgIpc) is 3.37. The van der Waals surface area contributed by atoms with E-state index in [4.69, 9.17) is 9.47 Å². The molecule has 2 aliphatic rings. The maximum atomic E-state index is 14.9. The number of nitrogens with zero attached hydrogens (tertiary/aromatic N) is 1. The van der Waals surface area contributed by atoms with Gasteiger partial charge in [-0.25, -0.2) is 13.6 Å². The van der Waals surface area contributed by atoms with Gasteiger partial charge in [0.1, 0.15) is 11.2 Å². The van der Waals surface area contributed by atoms with Crippen molar-refractivity contribution in [1.29, 1.82) is 0 Å². The number of ether oxygens (including phenoxy) is 2. The molecule has 0 aromatic heterocycles. The summed E-state index contributed by atoms with van der Waals surface area (Å²) < 4.78 is 40.6. The number of hydrogen-bond acceptors (Lipinski definition) is 4. The molecular weight excluding hydrogens is 440 g/mol. The Morgan fingerprint density at radius 3 is 2.74 bits per heavy atom. The number of epoxide rings is 1. The summed E-state index contributed by atoms with van der Waals surface area (Å²) >= 11 is 0. The first-order chi connectivity index (χ1) is 16.1. The molecule has 6 nitrogen and oxygen atoms in total. The minimum absolute atomic E-state index is 0.00466. The van der Waals surface area contributed by atoms with Gasteiger partial charge in [-0.2, -0.15) is 0 Å². The Morgan fingerprint density at radius 2 is 2.06 bits per heavy atom. The SMILES string of the molecule is CNC[C@H](CC(C)(C)C)NC(=O)N1CCC[C@]2(C1)O[C@]2(CCCCOC)c1cccc(F)c1F. The van der Waals surface area contributed by atoms with Gasteiger partial charge in [-0.3, -0.25) is 0 Å².